The van der Waals surface area contributed by atoms with Gasteiger partial charge in [0.1, 0.15) is 5.75 Å². The molecule has 8 heteroatoms. The molecule has 1 heterocycles. The second kappa shape index (κ2) is 7.00. The Hall–Kier alpha value is -2.19. The summed E-state index contributed by atoms with van der Waals surface area (Å²) >= 11 is 1.26. The van der Waals surface area contributed by atoms with Crippen molar-refractivity contribution in [2.45, 2.75) is 6.42 Å². The van der Waals surface area contributed by atoms with Gasteiger partial charge in [-0.1, -0.05) is 11.3 Å². The number of aromatic nitrogens is 2. The number of rotatable bonds is 6. The molecule has 1 amide bonds. The third-order valence-corrected chi connectivity index (χ3v) is 3.53. The summed E-state index contributed by atoms with van der Waals surface area (Å²) in [6.07, 6.45) is 0.271. The molecule has 3 N–H and O–H groups in total. The van der Waals surface area contributed by atoms with Crippen molar-refractivity contribution in [3.63, 3.8) is 0 Å². The van der Waals surface area contributed by atoms with Crippen LogP contribution in [0.5, 0.6) is 5.75 Å². The maximum atomic E-state index is 11.6. The molecule has 0 saturated carbocycles. The summed E-state index contributed by atoms with van der Waals surface area (Å²) in [7, 11) is 3.12. The van der Waals surface area contributed by atoms with Gasteiger partial charge in [0.25, 0.3) is 0 Å². The predicted octanol–water partition coefficient (Wildman–Crippen LogP) is 1.77. The van der Waals surface area contributed by atoms with Gasteiger partial charge in [-0.15, -0.1) is 10.2 Å². The van der Waals surface area contributed by atoms with Gasteiger partial charge in [-0.3, -0.25) is 4.79 Å². The van der Waals surface area contributed by atoms with Crippen LogP contribution in [-0.2, 0) is 9.53 Å². The third-order valence-electron chi connectivity index (χ3n) is 2.66. The van der Waals surface area contributed by atoms with Crippen LogP contribution in [0.3, 0.4) is 0 Å². The molecule has 0 fully saturated rings. The van der Waals surface area contributed by atoms with Crippen molar-refractivity contribution in [2.24, 2.45) is 0 Å². The predicted molar refractivity (Wildman–Crippen MR) is 81.4 cm³/mol. The van der Waals surface area contributed by atoms with Crippen molar-refractivity contribution in [3.05, 3.63) is 18.2 Å². The van der Waals surface area contributed by atoms with Crippen molar-refractivity contribution >= 4 is 28.1 Å². The van der Waals surface area contributed by atoms with E-state index in [1.54, 1.807) is 32.4 Å². The minimum atomic E-state index is -0.168. The molecule has 0 unspecified atom stereocenters. The van der Waals surface area contributed by atoms with E-state index in [0.29, 0.717) is 28.2 Å². The second-order valence-electron chi connectivity index (χ2n) is 4.16. The first-order valence-corrected chi connectivity index (χ1v) is 7.02. The normalized spacial score (nSPS) is 10.4. The van der Waals surface area contributed by atoms with Gasteiger partial charge < -0.3 is 20.5 Å². The molecule has 0 saturated heterocycles. The molecule has 0 radical (unpaired) electrons. The number of hydrogen-bond acceptors (Lipinski definition) is 7. The van der Waals surface area contributed by atoms with Gasteiger partial charge in [0.05, 0.1) is 25.7 Å². The highest BCUT2D eigenvalue weighted by Gasteiger charge is 2.13. The van der Waals surface area contributed by atoms with Gasteiger partial charge >= 0.3 is 0 Å². The monoisotopic (exact) mass is 308 g/mol. The number of amides is 1. The summed E-state index contributed by atoms with van der Waals surface area (Å²) in [5, 5.41) is 11.7. The van der Waals surface area contributed by atoms with Crippen molar-refractivity contribution in [2.75, 3.05) is 31.9 Å². The number of nitrogens with zero attached hydrogens (tertiary/aromatic N) is 2. The molecule has 2 aromatic rings. The lowest BCUT2D eigenvalue weighted by molar-refractivity contribution is -0.117. The van der Waals surface area contributed by atoms with E-state index < -0.39 is 0 Å². The Morgan fingerprint density at radius 3 is 2.90 bits per heavy atom. The minimum absolute atomic E-state index is 0.168. The van der Waals surface area contributed by atoms with E-state index in [4.69, 9.17) is 15.2 Å². The van der Waals surface area contributed by atoms with E-state index in [1.165, 1.54) is 11.3 Å². The number of methoxy groups -OCH3 is 2. The van der Waals surface area contributed by atoms with E-state index in [9.17, 15) is 4.79 Å². The molecule has 0 aliphatic carbocycles. The first kappa shape index (κ1) is 15.2. The number of nitrogen functional groups attached to an aromatic ring is 1. The summed E-state index contributed by atoms with van der Waals surface area (Å²) in [6, 6.07) is 5.27. The Balaban J connectivity index is 2.16. The topological polar surface area (TPSA) is 99.4 Å². The maximum Gasteiger partial charge on any atom is 0.228 e. The Bertz CT molecular complexity index is 630. The van der Waals surface area contributed by atoms with Crippen molar-refractivity contribution < 1.29 is 14.3 Å². The largest absolute Gasteiger partial charge is 0.496 e. The van der Waals surface area contributed by atoms with E-state index >= 15 is 0 Å². The smallest absolute Gasteiger partial charge is 0.228 e. The number of hydrogen-bond donors (Lipinski definition) is 2. The first-order valence-electron chi connectivity index (χ1n) is 6.20. The average Bonchev–Trinajstić information content (AvgIpc) is 2.93. The van der Waals surface area contributed by atoms with Crippen LogP contribution in [0.15, 0.2) is 18.2 Å². The van der Waals surface area contributed by atoms with Crippen molar-refractivity contribution in [3.8, 4) is 16.3 Å². The molecule has 1 aromatic heterocycles. The molecule has 7 nitrogen and oxygen atoms in total. The molecular formula is C13H16N4O3S. The SMILES string of the molecule is COCCC(=O)Nc1nnc(-c2cc(N)ccc2OC)s1. The molecule has 21 heavy (non-hydrogen) atoms. The lowest BCUT2D eigenvalue weighted by atomic mass is 10.2. The lowest BCUT2D eigenvalue weighted by Crippen LogP contribution is -2.13. The zero-order valence-corrected chi connectivity index (χ0v) is 12.6. The zero-order valence-electron chi connectivity index (χ0n) is 11.8. The van der Waals surface area contributed by atoms with Gasteiger partial charge in [0.2, 0.25) is 11.0 Å². The van der Waals surface area contributed by atoms with Crippen molar-refractivity contribution in [1.82, 2.24) is 10.2 Å². The molecule has 0 atom stereocenters. The summed E-state index contributed by atoms with van der Waals surface area (Å²) in [5.41, 5.74) is 7.13. The van der Waals surface area contributed by atoms with Crippen LogP contribution in [0.1, 0.15) is 6.42 Å². The third kappa shape index (κ3) is 3.89. The molecule has 2 rings (SSSR count). The summed E-state index contributed by atoms with van der Waals surface area (Å²) < 4.78 is 10.1. The standard InChI is InChI=1S/C13H16N4O3S/c1-19-6-5-11(18)15-13-17-16-12(21-13)9-7-8(14)3-4-10(9)20-2/h3-4,7H,5-6,14H2,1-2H3,(H,15,17,18). The Labute approximate surface area is 126 Å². The number of benzene rings is 1. The number of carbonyl (C=O) groups is 1. The number of ether oxygens (including phenoxy) is 2. The number of anilines is 2. The second-order valence-corrected chi connectivity index (χ2v) is 5.14. The Morgan fingerprint density at radius 1 is 1.38 bits per heavy atom. The zero-order chi connectivity index (χ0) is 15.2. The Kier molecular flexibility index (Phi) is 5.07. The van der Waals surface area contributed by atoms with Gasteiger partial charge in [0, 0.05) is 12.8 Å². The van der Waals surface area contributed by atoms with Gasteiger partial charge in [0.15, 0.2) is 5.01 Å². The quantitative estimate of drug-likeness (QED) is 0.789. The number of nitrogens with one attached hydrogen (secondary N) is 1. The highest BCUT2D eigenvalue weighted by molar-refractivity contribution is 7.18. The van der Waals surface area contributed by atoms with Crippen LogP contribution in [0, 0.1) is 0 Å². The molecule has 1 aromatic carbocycles. The summed E-state index contributed by atoms with van der Waals surface area (Å²) in [5.74, 6) is 0.483. The van der Waals surface area contributed by atoms with Crippen LogP contribution in [0.25, 0.3) is 10.6 Å². The van der Waals surface area contributed by atoms with E-state index in [2.05, 4.69) is 15.5 Å². The molecule has 0 aliphatic rings. The molecule has 0 spiro atoms. The van der Waals surface area contributed by atoms with Crippen LogP contribution in [0.2, 0.25) is 0 Å². The summed E-state index contributed by atoms with van der Waals surface area (Å²) in [4.78, 5) is 11.6. The summed E-state index contributed by atoms with van der Waals surface area (Å²) in [6.45, 7) is 0.362. The molecule has 0 bridgehead atoms. The van der Waals surface area contributed by atoms with E-state index in [0.717, 1.165) is 5.56 Å². The number of nitrogens with two attached hydrogens (primary N) is 1. The van der Waals surface area contributed by atoms with Gasteiger partial charge in [-0.05, 0) is 18.2 Å². The van der Waals surface area contributed by atoms with Crippen LogP contribution >= 0.6 is 11.3 Å². The molecular weight excluding hydrogens is 292 g/mol. The van der Waals surface area contributed by atoms with Gasteiger partial charge in [-0.2, -0.15) is 0 Å². The van der Waals surface area contributed by atoms with Crippen LogP contribution < -0.4 is 15.8 Å². The fourth-order valence-electron chi connectivity index (χ4n) is 1.65. The van der Waals surface area contributed by atoms with Crippen LogP contribution in [-0.4, -0.2) is 36.9 Å². The fourth-order valence-corrected chi connectivity index (χ4v) is 2.43. The lowest BCUT2D eigenvalue weighted by Gasteiger charge is -2.05. The van der Waals surface area contributed by atoms with Crippen molar-refractivity contribution in [1.29, 1.82) is 0 Å². The minimum Gasteiger partial charge on any atom is -0.496 e. The highest BCUT2D eigenvalue weighted by atomic mass is 32.1. The fraction of sp³-hybridized carbons (Fsp3) is 0.308. The average molecular weight is 308 g/mol. The molecule has 112 valence electrons. The molecule has 0 aliphatic heterocycles. The van der Waals surface area contributed by atoms with Crippen LogP contribution in [0.4, 0.5) is 10.8 Å². The van der Waals surface area contributed by atoms with Gasteiger partial charge in [-0.25, -0.2) is 0 Å². The Morgan fingerprint density at radius 2 is 2.19 bits per heavy atom. The number of carbonyl (C=O) groups excluding carboxylic acids is 1. The maximum absolute atomic E-state index is 11.6. The highest BCUT2D eigenvalue weighted by Crippen LogP contribution is 2.34. The van der Waals surface area contributed by atoms with E-state index in [1.807, 2.05) is 0 Å². The van der Waals surface area contributed by atoms with E-state index in [-0.39, 0.29) is 12.3 Å². The first-order chi connectivity index (χ1) is 10.1.